The van der Waals surface area contributed by atoms with Gasteiger partial charge < -0.3 is 15.2 Å². The van der Waals surface area contributed by atoms with Crippen molar-refractivity contribution >= 4 is 0 Å². The lowest BCUT2D eigenvalue weighted by Crippen LogP contribution is -2.53. The minimum Gasteiger partial charge on any atom is -0.394 e. The Balaban J connectivity index is 3.95. The smallest absolute Gasteiger partial charge is 0.0623 e. The fourth-order valence-corrected chi connectivity index (χ4v) is 1.39. The topological polar surface area (TPSA) is 44.7 Å². The van der Waals surface area contributed by atoms with Crippen LogP contribution >= 0.6 is 0 Å². The number of hydrogen-bond donors (Lipinski definition) is 2. The Bertz CT molecular complexity index is 150. The van der Waals surface area contributed by atoms with Crippen LogP contribution in [0.4, 0.5) is 0 Å². The number of nitrogens with zero attached hydrogens (tertiary/aromatic N) is 1. The minimum absolute atomic E-state index is 0.147. The first-order valence-electron chi connectivity index (χ1n) is 5.71. The molecule has 0 aliphatic rings. The molecule has 0 amide bonds. The first-order chi connectivity index (χ1) is 7.11. The lowest BCUT2D eigenvalue weighted by molar-refractivity contribution is 0.0865. The van der Waals surface area contributed by atoms with Crippen LogP contribution in [-0.4, -0.2) is 62.0 Å². The van der Waals surface area contributed by atoms with Crippen molar-refractivity contribution in [2.45, 2.75) is 26.3 Å². The Hall–Kier alpha value is -0.160. The van der Waals surface area contributed by atoms with Crippen molar-refractivity contribution in [2.75, 3.05) is 46.5 Å². The summed E-state index contributed by atoms with van der Waals surface area (Å²) >= 11 is 0. The quantitative estimate of drug-likeness (QED) is 0.547. The standard InChI is InChI=1S/C11H26N2O2/c1-5-13(7-8-15-6-2)9-11(3,10-14)12-4/h12,14H,5-10H2,1-4H3. The summed E-state index contributed by atoms with van der Waals surface area (Å²) in [7, 11) is 1.88. The Kier molecular flexibility index (Phi) is 7.96. The van der Waals surface area contributed by atoms with Gasteiger partial charge in [0.2, 0.25) is 0 Å². The SMILES string of the molecule is CCOCCN(CC)CC(C)(CO)NC. The number of rotatable bonds is 9. The highest BCUT2D eigenvalue weighted by atomic mass is 16.5. The van der Waals surface area contributed by atoms with Gasteiger partial charge in [0.05, 0.1) is 18.8 Å². The molecule has 0 saturated heterocycles. The Morgan fingerprint density at radius 3 is 2.47 bits per heavy atom. The predicted molar refractivity (Wildman–Crippen MR) is 63.2 cm³/mol. The first kappa shape index (κ1) is 14.8. The molecule has 0 heterocycles. The molecule has 15 heavy (non-hydrogen) atoms. The molecule has 1 atom stereocenters. The van der Waals surface area contributed by atoms with Gasteiger partial charge >= 0.3 is 0 Å². The van der Waals surface area contributed by atoms with Crippen LogP contribution in [0.5, 0.6) is 0 Å². The maximum Gasteiger partial charge on any atom is 0.0623 e. The molecule has 0 spiro atoms. The number of nitrogens with one attached hydrogen (secondary N) is 1. The van der Waals surface area contributed by atoms with E-state index in [1.807, 2.05) is 20.9 Å². The zero-order valence-corrected chi connectivity index (χ0v) is 10.5. The summed E-state index contributed by atoms with van der Waals surface area (Å²) < 4.78 is 5.32. The molecule has 92 valence electrons. The van der Waals surface area contributed by atoms with Crippen molar-refractivity contribution < 1.29 is 9.84 Å². The number of aliphatic hydroxyl groups is 1. The lowest BCUT2D eigenvalue weighted by atomic mass is 10.0. The van der Waals surface area contributed by atoms with Crippen molar-refractivity contribution in [1.82, 2.24) is 10.2 Å². The summed E-state index contributed by atoms with van der Waals surface area (Å²) in [6.07, 6.45) is 0. The highest BCUT2D eigenvalue weighted by molar-refractivity contribution is 4.84. The molecule has 2 N–H and O–H groups in total. The average Bonchev–Trinajstić information content (AvgIpc) is 2.27. The van der Waals surface area contributed by atoms with Crippen molar-refractivity contribution in [1.29, 1.82) is 0 Å². The molecule has 0 aromatic heterocycles. The highest BCUT2D eigenvalue weighted by Gasteiger charge is 2.23. The Labute approximate surface area is 93.6 Å². The van der Waals surface area contributed by atoms with E-state index in [0.29, 0.717) is 0 Å². The number of likely N-dealkylation sites (N-methyl/N-ethyl adjacent to an activating group) is 2. The number of aliphatic hydroxyl groups excluding tert-OH is 1. The van der Waals surface area contributed by atoms with E-state index in [4.69, 9.17) is 4.74 Å². The van der Waals surface area contributed by atoms with Crippen LogP contribution in [0.2, 0.25) is 0 Å². The molecular formula is C11H26N2O2. The molecule has 0 fully saturated rings. The lowest BCUT2D eigenvalue weighted by Gasteiger charge is -2.33. The molecule has 0 aliphatic carbocycles. The van der Waals surface area contributed by atoms with Gasteiger partial charge in [-0.2, -0.15) is 0 Å². The molecule has 0 bridgehead atoms. The first-order valence-corrected chi connectivity index (χ1v) is 5.71. The van der Waals surface area contributed by atoms with Gasteiger partial charge in [0.15, 0.2) is 0 Å². The van der Waals surface area contributed by atoms with Crippen molar-refractivity contribution in [3.8, 4) is 0 Å². The molecule has 4 heteroatoms. The van der Waals surface area contributed by atoms with E-state index >= 15 is 0 Å². The molecule has 0 aliphatic heterocycles. The van der Waals surface area contributed by atoms with Gasteiger partial charge in [-0.1, -0.05) is 6.92 Å². The Morgan fingerprint density at radius 2 is 2.07 bits per heavy atom. The van der Waals surface area contributed by atoms with Crippen LogP contribution in [0, 0.1) is 0 Å². The van der Waals surface area contributed by atoms with E-state index in [-0.39, 0.29) is 12.1 Å². The normalized spacial score (nSPS) is 15.6. The van der Waals surface area contributed by atoms with Gasteiger partial charge in [-0.15, -0.1) is 0 Å². The summed E-state index contributed by atoms with van der Waals surface area (Å²) in [5.74, 6) is 0. The van der Waals surface area contributed by atoms with Gasteiger partial charge in [0.1, 0.15) is 0 Å². The summed E-state index contributed by atoms with van der Waals surface area (Å²) in [5.41, 5.74) is -0.220. The molecule has 0 radical (unpaired) electrons. The summed E-state index contributed by atoms with van der Waals surface area (Å²) in [6.45, 7) is 10.6. The average molecular weight is 218 g/mol. The zero-order valence-electron chi connectivity index (χ0n) is 10.5. The molecular weight excluding hydrogens is 192 g/mol. The number of ether oxygens (including phenoxy) is 1. The molecule has 0 rings (SSSR count). The predicted octanol–water partition coefficient (Wildman–Crippen LogP) is 0.315. The maximum absolute atomic E-state index is 9.28. The van der Waals surface area contributed by atoms with Crippen LogP contribution in [0.15, 0.2) is 0 Å². The van der Waals surface area contributed by atoms with E-state index in [1.165, 1.54) is 0 Å². The van der Waals surface area contributed by atoms with E-state index in [1.54, 1.807) is 0 Å². The van der Waals surface area contributed by atoms with Crippen LogP contribution in [0.3, 0.4) is 0 Å². The third kappa shape index (κ3) is 6.10. The van der Waals surface area contributed by atoms with Crippen LogP contribution < -0.4 is 5.32 Å². The monoisotopic (exact) mass is 218 g/mol. The maximum atomic E-state index is 9.28. The van der Waals surface area contributed by atoms with Gasteiger partial charge in [-0.25, -0.2) is 0 Å². The fraction of sp³-hybridized carbons (Fsp3) is 1.00. The second-order valence-electron chi connectivity index (χ2n) is 4.03. The van der Waals surface area contributed by atoms with E-state index in [2.05, 4.69) is 17.1 Å². The van der Waals surface area contributed by atoms with Crippen molar-refractivity contribution in [2.24, 2.45) is 0 Å². The Morgan fingerprint density at radius 1 is 1.40 bits per heavy atom. The fourth-order valence-electron chi connectivity index (χ4n) is 1.39. The molecule has 0 saturated carbocycles. The molecule has 0 aromatic rings. The van der Waals surface area contributed by atoms with E-state index in [9.17, 15) is 5.11 Å². The second-order valence-corrected chi connectivity index (χ2v) is 4.03. The van der Waals surface area contributed by atoms with Crippen LogP contribution in [-0.2, 0) is 4.74 Å². The second kappa shape index (κ2) is 8.05. The number of hydrogen-bond acceptors (Lipinski definition) is 4. The van der Waals surface area contributed by atoms with Gasteiger partial charge in [-0.05, 0) is 27.4 Å². The summed E-state index contributed by atoms with van der Waals surface area (Å²) in [5, 5.41) is 12.4. The minimum atomic E-state index is -0.220. The molecule has 0 aromatic carbocycles. The highest BCUT2D eigenvalue weighted by Crippen LogP contribution is 2.05. The summed E-state index contributed by atoms with van der Waals surface area (Å²) in [4.78, 5) is 2.28. The summed E-state index contributed by atoms with van der Waals surface area (Å²) in [6, 6.07) is 0. The van der Waals surface area contributed by atoms with Gasteiger partial charge in [0.25, 0.3) is 0 Å². The molecule has 1 unspecified atom stereocenters. The van der Waals surface area contributed by atoms with E-state index < -0.39 is 0 Å². The largest absolute Gasteiger partial charge is 0.394 e. The van der Waals surface area contributed by atoms with E-state index in [0.717, 1.165) is 32.8 Å². The third-order valence-electron chi connectivity index (χ3n) is 2.73. The third-order valence-corrected chi connectivity index (χ3v) is 2.73. The molecule has 4 nitrogen and oxygen atoms in total. The van der Waals surface area contributed by atoms with Crippen molar-refractivity contribution in [3.05, 3.63) is 0 Å². The van der Waals surface area contributed by atoms with Crippen LogP contribution in [0.25, 0.3) is 0 Å². The zero-order chi connectivity index (χ0) is 11.7. The van der Waals surface area contributed by atoms with Crippen molar-refractivity contribution in [3.63, 3.8) is 0 Å². The van der Waals surface area contributed by atoms with Gasteiger partial charge in [0, 0.05) is 19.7 Å². The van der Waals surface area contributed by atoms with Gasteiger partial charge in [-0.3, -0.25) is 4.90 Å². The van der Waals surface area contributed by atoms with Crippen LogP contribution in [0.1, 0.15) is 20.8 Å².